The van der Waals surface area contributed by atoms with Gasteiger partial charge in [-0.05, 0) is 56.5 Å². The summed E-state index contributed by atoms with van der Waals surface area (Å²) in [6, 6.07) is 7.95. The van der Waals surface area contributed by atoms with Crippen LogP contribution in [0.25, 0.3) is 0 Å². The van der Waals surface area contributed by atoms with E-state index in [1.54, 1.807) is 6.20 Å². The highest BCUT2D eigenvalue weighted by Gasteiger charge is 2.41. The Balaban J connectivity index is 1.22. The molecule has 0 radical (unpaired) electrons. The Hall–Kier alpha value is -2.58. The van der Waals surface area contributed by atoms with Gasteiger partial charge in [0.2, 0.25) is 11.9 Å². The van der Waals surface area contributed by atoms with Gasteiger partial charge in [-0.15, -0.1) is 0 Å². The number of likely N-dealkylation sites (N-methyl/N-ethyl adjacent to an activating group) is 1. The first-order valence-corrected chi connectivity index (χ1v) is 12.8. The molecule has 3 aliphatic rings. The predicted octanol–water partition coefficient (Wildman–Crippen LogP) is 3.75. The van der Waals surface area contributed by atoms with E-state index in [0.717, 1.165) is 51.1 Å². The molecule has 0 aliphatic carbocycles. The number of halogens is 1. The van der Waals surface area contributed by atoms with Gasteiger partial charge in [0.25, 0.3) is 0 Å². The van der Waals surface area contributed by atoms with Crippen molar-refractivity contribution in [1.82, 2.24) is 19.8 Å². The molecule has 4 heterocycles. The van der Waals surface area contributed by atoms with Crippen LogP contribution in [-0.2, 0) is 11.2 Å². The summed E-state index contributed by atoms with van der Waals surface area (Å²) in [6.07, 6.45) is 6.31. The van der Waals surface area contributed by atoms with Crippen LogP contribution in [0.1, 0.15) is 38.2 Å². The molecule has 182 valence electrons. The van der Waals surface area contributed by atoms with Crippen molar-refractivity contribution in [1.29, 1.82) is 0 Å². The number of likely N-dealkylation sites (tertiary alicyclic amines) is 2. The Morgan fingerprint density at radius 1 is 1.24 bits per heavy atom. The van der Waals surface area contributed by atoms with Gasteiger partial charge in [-0.2, -0.15) is 4.98 Å². The van der Waals surface area contributed by atoms with Crippen LogP contribution in [0.3, 0.4) is 0 Å². The number of rotatable bonds is 9. The third-order valence-electron chi connectivity index (χ3n) is 7.38. The molecule has 2 N–H and O–H groups in total. The van der Waals surface area contributed by atoms with Gasteiger partial charge < -0.3 is 20.4 Å². The second-order valence-electron chi connectivity index (χ2n) is 9.61. The number of benzene rings is 1. The molecule has 2 bridgehead atoms. The van der Waals surface area contributed by atoms with Crippen LogP contribution in [-0.4, -0.2) is 77.5 Å². The summed E-state index contributed by atoms with van der Waals surface area (Å²) in [7, 11) is 2.23. The number of nitrogens with one attached hydrogen (secondary N) is 2. The predicted molar refractivity (Wildman–Crippen MR) is 137 cm³/mol. The Morgan fingerprint density at radius 3 is 2.82 bits per heavy atom. The topological polar surface area (TPSA) is 76.6 Å². The lowest BCUT2D eigenvalue weighted by atomic mass is 10.1. The van der Waals surface area contributed by atoms with Gasteiger partial charge in [-0.25, -0.2) is 4.98 Å². The normalized spacial score (nSPS) is 22.1. The smallest absolute Gasteiger partial charge is 0.229 e. The summed E-state index contributed by atoms with van der Waals surface area (Å²) in [6.45, 7) is 6.76. The van der Waals surface area contributed by atoms with E-state index in [1.807, 2.05) is 4.90 Å². The summed E-state index contributed by atoms with van der Waals surface area (Å²) in [4.78, 5) is 27.7. The van der Waals surface area contributed by atoms with Crippen molar-refractivity contribution in [3.05, 3.63) is 35.0 Å². The van der Waals surface area contributed by atoms with Crippen molar-refractivity contribution in [2.45, 2.75) is 51.1 Å². The molecule has 3 fully saturated rings. The maximum atomic E-state index is 11.8. The monoisotopic (exact) mass is 483 g/mol. The Labute approximate surface area is 206 Å². The standard InChI is InChI=1S/C25H34ClN7O/c1-3-17-12-18(33-16-19-13-20(33)15-31(19)2)7-8-22(17)29-25-28-14-21(26)24(30-25)27-9-5-11-32-10-4-6-23(32)34/h7-8,12,14,19-20H,3-6,9-11,13,15-16H2,1-2H3,(H2,27,28,29,30). The lowest BCUT2D eigenvalue weighted by molar-refractivity contribution is -0.127. The van der Waals surface area contributed by atoms with Gasteiger partial charge >= 0.3 is 0 Å². The highest BCUT2D eigenvalue weighted by Crippen LogP contribution is 2.35. The summed E-state index contributed by atoms with van der Waals surface area (Å²) >= 11 is 6.33. The van der Waals surface area contributed by atoms with Crippen LogP contribution in [0.2, 0.25) is 5.02 Å². The van der Waals surface area contributed by atoms with Gasteiger partial charge in [0.1, 0.15) is 10.8 Å². The number of nitrogens with zero attached hydrogens (tertiary/aromatic N) is 5. The van der Waals surface area contributed by atoms with E-state index in [2.05, 4.69) is 62.6 Å². The fraction of sp³-hybridized carbons (Fsp3) is 0.560. The molecule has 1 aromatic carbocycles. The summed E-state index contributed by atoms with van der Waals surface area (Å²) in [5.41, 5.74) is 3.57. The molecule has 1 aromatic heterocycles. The van der Waals surface area contributed by atoms with E-state index in [-0.39, 0.29) is 5.91 Å². The second kappa shape index (κ2) is 9.96. The van der Waals surface area contributed by atoms with Gasteiger partial charge in [0.15, 0.2) is 0 Å². The molecule has 2 atom stereocenters. The van der Waals surface area contributed by atoms with Gasteiger partial charge in [-0.3, -0.25) is 9.69 Å². The van der Waals surface area contributed by atoms with Crippen molar-refractivity contribution < 1.29 is 4.79 Å². The highest BCUT2D eigenvalue weighted by molar-refractivity contribution is 6.32. The van der Waals surface area contributed by atoms with Gasteiger partial charge in [0.05, 0.1) is 6.20 Å². The number of anilines is 4. The first-order valence-electron chi connectivity index (χ1n) is 12.4. The SMILES string of the molecule is CCc1cc(N2CC3CC2CN3C)ccc1Nc1ncc(Cl)c(NCCCN2CCCC2=O)n1. The Morgan fingerprint density at radius 2 is 2.12 bits per heavy atom. The van der Waals surface area contributed by atoms with Crippen LogP contribution in [0.5, 0.6) is 0 Å². The molecule has 3 aliphatic heterocycles. The number of aromatic nitrogens is 2. The van der Waals surface area contributed by atoms with Crippen LogP contribution >= 0.6 is 11.6 Å². The van der Waals surface area contributed by atoms with E-state index in [1.165, 1.54) is 17.7 Å². The number of carbonyl (C=O) groups excluding carboxylic acids is 1. The van der Waals surface area contributed by atoms with Crippen LogP contribution < -0.4 is 15.5 Å². The third kappa shape index (κ3) is 4.79. The quantitative estimate of drug-likeness (QED) is 0.526. The average molecular weight is 484 g/mol. The summed E-state index contributed by atoms with van der Waals surface area (Å²) < 4.78 is 0. The van der Waals surface area contributed by atoms with Crippen molar-refractivity contribution in [3.63, 3.8) is 0 Å². The Bertz CT molecular complexity index is 1050. The van der Waals surface area contributed by atoms with Crippen molar-refractivity contribution in [3.8, 4) is 0 Å². The maximum Gasteiger partial charge on any atom is 0.229 e. The highest BCUT2D eigenvalue weighted by atomic mass is 35.5. The number of hydrogen-bond donors (Lipinski definition) is 2. The fourth-order valence-electron chi connectivity index (χ4n) is 5.44. The molecule has 5 rings (SSSR count). The zero-order chi connectivity index (χ0) is 23.7. The van der Waals surface area contributed by atoms with Gasteiger partial charge in [-0.1, -0.05) is 18.5 Å². The first-order chi connectivity index (χ1) is 16.5. The van der Waals surface area contributed by atoms with E-state index >= 15 is 0 Å². The number of piperazine rings is 1. The third-order valence-corrected chi connectivity index (χ3v) is 7.65. The lowest BCUT2D eigenvalue weighted by Gasteiger charge is -2.34. The summed E-state index contributed by atoms with van der Waals surface area (Å²) in [5.74, 6) is 1.39. The van der Waals surface area contributed by atoms with Crippen LogP contribution in [0.15, 0.2) is 24.4 Å². The second-order valence-corrected chi connectivity index (χ2v) is 10.0. The minimum Gasteiger partial charge on any atom is -0.369 e. The summed E-state index contributed by atoms with van der Waals surface area (Å²) in [5, 5.41) is 7.18. The zero-order valence-electron chi connectivity index (χ0n) is 20.1. The molecule has 2 unspecified atom stereocenters. The maximum absolute atomic E-state index is 11.8. The minimum absolute atomic E-state index is 0.258. The molecule has 3 saturated heterocycles. The molecule has 1 amide bonds. The molecule has 8 nitrogen and oxygen atoms in total. The molecular weight excluding hydrogens is 450 g/mol. The first kappa shape index (κ1) is 23.2. The fourth-order valence-corrected chi connectivity index (χ4v) is 5.60. The molecule has 34 heavy (non-hydrogen) atoms. The van der Waals surface area contributed by atoms with Crippen molar-refractivity contribution >= 4 is 40.6 Å². The van der Waals surface area contributed by atoms with E-state index < -0.39 is 0 Å². The molecule has 2 aromatic rings. The molecule has 0 spiro atoms. The molecular formula is C25H34ClN7O. The van der Waals surface area contributed by atoms with E-state index in [4.69, 9.17) is 11.6 Å². The number of fused-ring (bicyclic) bond motifs is 2. The number of hydrogen-bond acceptors (Lipinski definition) is 7. The Kier molecular flexibility index (Phi) is 6.79. The lowest BCUT2D eigenvalue weighted by Crippen LogP contribution is -2.44. The molecule has 9 heteroatoms. The van der Waals surface area contributed by atoms with E-state index in [9.17, 15) is 4.79 Å². The number of carbonyl (C=O) groups is 1. The van der Waals surface area contributed by atoms with Crippen molar-refractivity contribution in [2.75, 3.05) is 55.3 Å². The van der Waals surface area contributed by atoms with Crippen molar-refractivity contribution in [2.24, 2.45) is 0 Å². The van der Waals surface area contributed by atoms with Crippen LogP contribution in [0, 0.1) is 0 Å². The largest absolute Gasteiger partial charge is 0.369 e. The molecule has 0 saturated carbocycles. The number of amides is 1. The average Bonchev–Trinajstić information content (AvgIpc) is 3.54. The number of aryl methyl sites for hydroxylation is 1. The van der Waals surface area contributed by atoms with Crippen LogP contribution in [0.4, 0.5) is 23.1 Å². The minimum atomic E-state index is 0.258. The van der Waals surface area contributed by atoms with E-state index in [0.29, 0.717) is 41.8 Å². The van der Waals surface area contributed by atoms with Gasteiger partial charge in [0, 0.05) is 62.6 Å². The zero-order valence-corrected chi connectivity index (χ0v) is 20.8.